The van der Waals surface area contributed by atoms with Crippen molar-refractivity contribution in [3.8, 4) is 0 Å². The van der Waals surface area contributed by atoms with Crippen molar-refractivity contribution in [3.05, 3.63) is 52.6 Å². The molecule has 0 aromatic carbocycles. The molecule has 3 aromatic rings. The maximum absolute atomic E-state index is 13.9. The molecule has 12 nitrogen and oxygen atoms in total. The standard InChI is InChI=1S/C33H45N7O5/c1-7-8-19-43-23(3)28-22(2)26-21-35-31(37-29(26)40(30(28)41)24-11-9-10-12-24)36-27-14-13-25(20-34-27)38-15-17-39(18-16-38)45-32(42)44-33(4,5)6/h13-14,20-21,24H,3,7-12,15-19H2,1-2,4-6H3,(H,34,35,36,37). The molecule has 0 radical (unpaired) electrons. The van der Waals surface area contributed by atoms with Crippen molar-refractivity contribution in [2.24, 2.45) is 0 Å². The number of aryl methyl sites for hydroxylation is 1. The van der Waals surface area contributed by atoms with Gasteiger partial charge >= 0.3 is 6.16 Å². The number of hydroxylamine groups is 2. The van der Waals surface area contributed by atoms with E-state index in [1.54, 1.807) is 38.2 Å². The third kappa shape index (κ3) is 7.73. The molecule has 2 fully saturated rings. The van der Waals surface area contributed by atoms with Crippen molar-refractivity contribution >= 4 is 40.4 Å². The minimum absolute atomic E-state index is 0.0675. The van der Waals surface area contributed by atoms with Gasteiger partial charge in [-0.2, -0.15) is 4.98 Å². The lowest BCUT2D eigenvalue weighted by molar-refractivity contribution is -0.144. The molecule has 2 aliphatic rings. The number of piperazine rings is 1. The lowest BCUT2D eigenvalue weighted by atomic mass is 10.0. The highest BCUT2D eigenvalue weighted by Crippen LogP contribution is 2.33. The number of nitrogens with zero attached hydrogens (tertiary/aromatic N) is 6. The first-order valence-corrected chi connectivity index (χ1v) is 15.9. The predicted molar refractivity (Wildman–Crippen MR) is 175 cm³/mol. The van der Waals surface area contributed by atoms with Gasteiger partial charge in [-0.3, -0.25) is 9.36 Å². The van der Waals surface area contributed by atoms with Crippen molar-refractivity contribution in [2.75, 3.05) is 43.0 Å². The number of rotatable bonds is 10. The van der Waals surface area contributed by atoms with E-state index in [0.717, 1.165) is 55.2 Å². The molecular formula is C33H45N7O5. The molecule has 1 N–H and O–H groups in total. The van der Waals surface area contributed by atoms with Gasteiger partial charge in [-0.05, 0) is 64.7 Å². The second kappa shape index (κ2) is 13.8. The molecule has 5 rings (SSSR count). The van der Waals surface area contributed by atoms with Crippen LogP contribution in [0.4, 0.5) is 22.2 Å². The van der Waals surface area contributed by atoms with Gasteiger partial charge in [-0.25, -0.2) is 14.8 Å². The normalized spacial score (nSPS) is 16.2. The molecule has 4 heterocycles. The second-order valence-corrected chi connectivity index (χ2v) is 12.7. The van der Waals surface area contributed by atoms with Crippen LogP contribution in [0.3, 0.4) is 0 Å². The number of pyridine rings is 2. The zero-order chi connectivity index (χ0) is 32.1. The maximum atomic E-state index is 13.9. The van der Waals surface area contributed by atoms with Gasteiger partial charge in [0, 0.05) is 30.7 Å². The van der Waals surface area contributed by atoms with Crippen LogP contribution in [0.5, 0.6) is 0 Å². The number of carbonyl (C=O) groups is 1. The van der Waals surface area contributed by atoms with Crippen LogP contribution in [0.2, 0.25) is 0 Å². The Kier molecular flexibility index (Phi) is 9.91. The van der Waals surface area contributed by atoms with Crippen molar-refractivity contribution < 1.29 is 19.1 Å². The first-order valence-electron chi connectivity index (χ1n) is 15.9. The van der Waals surface area contributed by atoms with Gasteiger partial charge in [0.1, 0.15) is 22.8 Å². The fourth-order valence-electron chi connectivity index (χ4n) is 5.81. The summed E-state index contributed by atoms with van der Waals surface area (Å²) in [4.78, 5) is 47.5. The molecule has 12 heteroatoms. The molecule has 0 amide bonds. The number of anilines is 3. The highest BCUT2D eigenvalue weighted by Gasteiger charge is 2.27. The van der Waals surface area contributed by atoms with Crippen LogP contribution in [-0.2, 0) is 14.3 Å². The molecule has 242 valence electrons. The third-order valence-electron chi connectivity index (χ3n) is 8.14. The molecule has 1 saturated heterocycles. The van der Waals surface area contributed by atoms with Gasteiger partial charge < -0.3 is 24.5 Å². The molecule has 0 atom stereocenters. The van der Waals surface area contributed by atoms with Crippen LogP contribution in [0.1, 0.15) is 83.4 Å². The van der Waals surface area contributed by atoms with E-state index in [1.165, 1.54) is 0 Å². The molecule has 3 aromatic heterocycles. The Morgan fingerprint density at radius 1 is 1.09 bits per heavy atom. The number of unbranched alkanes of at least 4 members (excludes halogenated alkanes) is 1. The van der Waals surface area contributed by atoms with E-state index >= 15 is 0 Å². The van der Waals surface area contributed by atoms with Crippen LogP contribution in [0, 0.1) is 6.92 Å². The zero-order valence-electron chi connectivity index (χ0n) is 27.1. The summed E-state index contributed by atoms with van der Waals surface area (Å²) in [6.07, 6.45) is 8.78. The van der Waals surface area contributed by atoms with Crippen LogP contribution in [0.15, 0.2) is 35.9 Å². The van der Waals surface area contributed by atoms with Crippen molar-refractivity contribution in [2.45, 2.75) is 84.8 Å². The summed E-state index contributed by atoms with van der Waals surface area (Å²) < 4.78 is 13.0. The average molecular weight is 620 g/mol. The maximum Gasteiger partial charge on any atom is 0.528 e. The SMILES string of the molecule is C=C(OCCCC)c1c(C)c2cnc(Nc3ccc(N4CCN(OC(=O)OC(C)(C)C)CC4)cn3)nc2n(C2CCCC2)c1=O. The van der Waals surface area contributed by atoms with E-state index in [2.05, 4.69) is 33.7 Å². The number of hydrogen-bond donors (Lipinski definition) is 1. The lowest BCUT2D eigenvalue weighted by Crippen LogP contribution is -2.47. The number of carbonyl (C=O) groups excluding carboxylic acids is 1. The minimum atomic E-state index is -0.693. The number of fused-ring (bicyclic) bond motifs is 1. The Morgan fingerprint density at radius 2 is 1.82 bits per heavy atom. The van der Waals surface area contributed by atoms with E-state index < -0.39 is 11.8 Å². The highest BCUT2D eigenvalue weighted by molar-refractivity contribution is 5.84. The summed E-state index contributed by atoms with van der Waals surface area (Å²) in [7, 11) is 0. The summed E-state index contributed by atoms with van der Waals surface area (Å²) in [6, 6.07) is 3.93. The minimum Gasteiger partial charge on any atom is -0.493 e. The summed E-state index contributed by atoms with van der Waals surface area (Å²) >= 11 is 0. The van der Waals surface area contributed by atoms with Crippen LogP contribution < -0.4 is 15.8 Å². The Morgan fingerprint density at radius 3 is 2.47 bits per heavy atom. The van der Waals surface area contributed by atoms with E-state index in [1.807, 2.05) is 23.6 Å². The third-order valence-corrected chi connectivity index (χ3v) is 8.14. The smallest absolute Gasteiger partial charge is 0.493 e. The molecule has 1 saturated carbocycles. The van der Waals surface area contributed by atoms with Crippen LogP contribution >= 0.6 is 0 Å². The van der Waals surface area contributed by atoms with Gasteiger partial charge in [0.15, 0.2) is 0 Å². The molecule has 0 unspecified atom stereocenters. The Labute approximate surface area is 264 Å². The Balaban J connectivity index is 1.30. The number of hydrogen-bond acceptors (Lipinski definition) is 11. The first kappa shape index (κ1) is 32.2. The highest BCUT2D eigenvalue weighted by atomic mass is 16.8. The van der Waals surface area contributed by atoms with Gasteiger partial charge in [-0.15, -0.1) is 5.06 Å². The predicted octanol–water partition coefficient (Wildman–Crippen LogP) is 6.13. The lowest BCUT2D eigenvalue weighted by Gasteiger charge is -2.34. The van der Waals surface area contributed by atoms with Gasteiger partial charge in [0.2, 0.25) is 5.95 Å². The fraction of sp³-hybridized carbons (Fsp3) is 0.545. The van der Waals surface area contributed by atoms with Crippen molar-refractivity contribution in [3.63, 3.8) is 0 Å². The second-order valence-electron chi connectivity index (χ2n) is 12.7. The van der Waals surface area contributed by atoms with Crippen LogP contribution in [-0.4, -0.2) is 69.1 Å². The van der Waals surface area contributed by atoms with Gasteiger partial charge in [0.05, 0.1) is 37.1 Å². The van der Waals surface area contributed by atoms with Crippen LogP contribution in [0.25, 0.3) is 16.8 Å². The number of nitrogens with one attached hydrogen (secondary N) is 1. The molecule has 0 bridgehead atoms. The average Bonchev–Trinajstić information content (AvgIpc) is 3.52. The molecule has 0 spiro atoms. The summed E-state index contributed by atoms with van der Waals surface area (Å²) in [5.74, 6) is 1.36. The summed E-state index contributed by atoms with van der Waals surface area (Å²) in [5, 5.41) is 5.64. The largest absolute Gasteiger partial charge is 0.528 e. The van der Waals surface area contributed by atoms with E-state index in [0.29, 0.717) is 61.5 Å². The monoisotopic (exact) mass is 619 g/mol. The van der Waals surface area contributed by atoms with E-state index in [9.17, 15) is 9.59 Å². The fourth-order valence-corrected chi connectivity index (χ4v) is 5.81. The zero-order valence-corrected chi connectivity index (χ0v) is 27.1. The molecule has 1 aliphatic heterocycles. The Hall–Kier alpha value is -4.19. The van der Waals surface area contributed by atoms with Gasteiger partial charge in [0.25, 0.3) is 5.56 Å². The van der Waals surface area contributed by atoms with E-state index in [-0.39, 0.29) is 11.6 Å². The number of ether oxygens (including phenoxy) is 2. The summed E-state index contributed by atoms with van der Waals surface area (Å²) in [5.41, 5.74) is 2.12. The topological polar surface area (TPSA) is 124 Å². The Bertz CT molecular complexity index is 1570. The van der Waals surface area contributed by atoms with E-state index in [4.69, 9.17) is 19.3 Å². The number of aromatic nitrogens is 4. The summed E-state index contributed by atoms with van der Waals surface area (Å²) in [6.45, 7) is 16.5. The molecule has 1 aliphatic carbocycles. The molecular weight excluding hydrogens is 574 g/mol. The van der Waals surface area contributed by atoms with Gasteiger partial charge in [-0.1, -0.05) is 32.8 Å². The van der Waals surface area contributed by atoms with Crippen molar-refractivity contribution in [1.29, 1.82) is 0 Å². The first-order chi connectivity index (χ1) is 21.5. The van der Waals surface area contributed by atoms with Crippen molar-refractivity contribution in [1.82, 2.24) is 24.6 Å². The quantitative estimate of drug-likeness (QED) is 0.160. The molecule has 45 heavy (non-hydrogen) atoms.